The Balaban J connectivity index is 1.86. The number of hydrogen-bond donors (Lipinski definition) is 1. The molecule has 0 atom stereocenters. The second kappa shape index (κ2) is 7.70. The third-order valence-electron chi connectivity index (χ3n) is 3.18. The van der Waals surface area contributed by atoms with Crippen molar-refractivity contribution in [1.29, 1.82) is 0 Å². The van der Waals surface area contributed by atoms with Crippen molar-refractivity contribution in [1.82, 2.24) is 5.32 Å². The molecule has 0 saturated carbocycles. The summed E-state index contributed by atoms with van der Waals surface area (Å²) in [6.45, 7) is 0.614. The van der Waals surface area contributed by atoms with E-state index in [2.05, 4.69) is 17.4 Å². The topological polar surface area (TPSA) is 38.3 Å². The average molecular weight is 304 g/mol. The van der Waals surface area contributed by atoms with Gasteiger partial charge in [-0.3, -0.25) is 4.79 Å². The smallest absolute Gasteiger partial charge is 0.255 e. The van der Waals surface area contributed by atoms with E-state index in [0.717, 1.165) is 12.8 Å². The highest BCUT2D eigenvalue weighted by atomic mass is 35.5. The number of carbonyl (C=O) groups is 1. The van der Waals surface area contributed by atoms with E-state index in [1.807, 2.05) is 18.2 Å². The van der Waals surface area contributed by atoms with Gasteiger partial charge in [-0.1, -0.05) is 41.9 Å². The zero-order valence-corrected chi connectivity index (χ0v) is 12.7. The van der Waals surface area contributed by atoms with Crippen LogP contribution in [0.25, 0.3) is 0 Å². The van der Waals surface area contributed by atoms with Crippen molar-refractivity contribution in [3.05, 3.63) is 64.7 Å². The molecular formula is C17H18ClNO2. The summed E-state index contributed by atoms with van der Waals surface area (Å²) < 4.78 is 5.18. The molecule has 0 aliphatic heterocycles. The van der Waals surface area contributed by atoms with E-state index >= 15 is 0 Å². The minimum absolute atomic E-state index is 0.164. The Morgan fingerprint density at radius 1 is 1.19 bits per heavy atom. The van der Waals surface area contributed by atoms with E-state index in [1.54, 1.807) is 18.2 Å². The van der Waals surface area contributed by atoms with Crippen LogP contribution in [0.4, 0.5) is 0 Å². The fraction of sp³-hybridized carbons (Fsp3) is 0.235. The molecule has 0 heterocycles. The lowest BCUT2D eigenvalue weighted by atomic mass is 10.1. The molecule has 0 bridgehead atoms. The molecule has 110 valence electrons. The van der Waals surface area contributed by atoms with Crippen molar-refractivity contribution < 1.29 is 9.53 Å². The Morgan fingerprint density at radius 2 is 1.95 bits per heavy atom. The van der Waals surface area contributed by atoms with Gasteiger partial charge in [0.05, 0.1) is 12.7 Å². The van der Waals surface area contributed by atoms with Crippen molar-refractivity contribution in [2.75, 3.05) is 13.7 Å². The maximum Gasteiger partial charge on any atom is 0.255 e. The fourth-order valence-electron chi connectivity index (χ4n) is 2.09. The first-order valence-electron chi connectivity index (χ1n) is 6.86. The first-order valence-corrected chi connectivity index (χ1v) is 7.24. The lowest BCUT2D eigenvalue weighted by Crippen LogP contribution is -2.25. The number of ether oxygens (including phenoxy) is 1. The van der Waals surface area contributed by atoms with Crippen LogP contribution in [0.1, 0.15) is 22.3 Å². The van der Waals surface area contributed by atoms with Gasteiger partial charge >= 0.3 is 0 Å². The lowest BCUT2D eigenvalue weighted by molar-refractivity contribution is 0.0950. The molecule has 3 nitrogen and oxygen atoms in total. The van der Waals surface area contributed by atoms with Gasteiger partial charge in [-0.05, 0) is 36.6 Å². The van der Waals surface area contributed by atoms with Crippen LogP contribution < -0.4 is 10.1 Å². The summed E-state index contributed by atoms with van der Waals surface area (Å²) in [5, 5.41) is 3.41. The van der Waals surface area contributed by atoms with Crippen LogP contribution in [-0.4, -0.2) is 19.6 Å². The van der Waals surface area contributed by atoms with E-state index in [0.29, 0.717) is 22.9 Å². The Bertz CT molecular complexity index is 599. The predicted octanol–water partition coefficient (Wildman–Crippen LogP) is 3.71. The number of aryl methyl sites for hydroxylation is 1. The molecule has 0 aliphatic rings. The summed E-state index contributed by atoms with van der Waals surface area (Å²) in [5.41, 5.74) is 1.73. The molecule has 2 aromatic carbocycles. The van der Waals surface area contributed by atoms with Crippen LogP contribution in [0, 0.1) is 0 Å². The van der Waals surface area contributed by atoms with Gasteiger partial charge in [0, 0.05) is 11.6 Å². The molecule has 0 fully saturated rings. The maximum absolute atomic E-state index is 12.1. The number of methoxy groups -OCH3 is 1. The summed E-state index contributed by atoms with van der Waals surface area (Å²) in [5.74, 6) is 0.363. The van der Waals surface area contributed by atoms with E-state index in [1.165, 1.54) is 12.7 Å². The van der Waals surface area contributed by atoms with Crippen molar-refractivity contribution in [3.63, 3.8) is 0 Å². The average Bonchev–Trinajstić information content (AvgIpc) is 2.52. The number of hydrogen-bond acceptors (Lipinski definition) is 2. The molecule has 0 radical (unpaired) electrons. The SMILES string of the molecule is COc1ccc(Cl)cc1C(=O)NCCCc1ccccc1. The van der Waals surface area contributed by atoms with E-state index in [-0.39, 0.29) is 5.91 Å². The summed E-state index contributed by atoms with van der Waals surface area (Å²) in [4.78, 5) is 12.1. The summed E-state index contributed by atoms with van der Waals surface area (Å²) >= 11 is 5.92. The quantitative estimate of drug-likeness (QED) is 0.826. The molecule has 0 unspecified atom stereocenters. The molecule has 0 saturated heterocycles. The zero-order chi connectivity index (χ0) is 15.1. The van der Waals surface area contributed by atoms with Gasteiger partial charge in [-0.15, -0.1) is 0 Å². The third-order valence-corrected chi connectivity index (χ3v) is 3.41. The van der Waals surface area contributed by atoms with Crippen LogP contribution in [0.2, 0.25) is 5.02 Å². The second-order valence-corrected chi connectivity index (χ2v) is 5.13. The number of benzene rings is 2. The number of carbonyl (C=O) groups excluding carboxylic acids is 1. The molecule has 2 aromatic rings. The third kappa shape index (κ3) is 4.50. The molecule has 0 aromatic heterocycles. The van der Waals surface area contributed by atoms with Crippen molar-refractivity contribution in [2.24, 2.45) is 0 Å². The van der Waals surface area contributed by atoms with Crippen LogP contribution >= 0.6 is 11.6 Å². The van der Waals surface area contributed by atoms with Gasteiger partial charge in [-0.25, -0.2) is 0 Å². The van der Waals surface area contributed by atoms with Crippen molar-refractivity contribution in [2.45, 2.75) is 12.8 Å². The molecule has 2 rings (SSSR count). The minimum atomic E-state index is -0.164. The number of nitrogens with one attached hydrogen (secondary N) is 1. The molecule has 0 spiro atoms. The summed E-state index contributed by atoms with van der Waals surface area (Å²) in [6, 6.07) is 15.2. The van der Waals surface area contributed by atoms with E-state index < -0.39 is 0 Å². The van der Waals surface area contributed by atoms with Gasteiger partial charge in [0.1, 0.15) is 5.75 Å². The first-order chi connectivity index (χ1) is 10.2. The van der Waals surface area contributed by atoms with Crippen LogP contribution in [0.5, 0.6) is 5.75 Å². The van der Waals surface area contributed by atoms with E-state index in [9.17, 15) is 4.79 Å². The molecule has 0 aliphatic carbocycles. The van der Waals surface area contributed by atoms with Crippen molar-refractivity contribution >= 4 is 17.5 Å². The Morgan fingerprint density at radius 3 is 2.67 bits per heavy atom. The number of rotatable bonds is 6. The highest BCUT2D eigenvalue weighted by Crippen LogP contribution is 2.22. The molecular weight excluding hydrogens is 286 g/mol. The van der Waals surface area contributed by atoms with Crippen LogP contribution in [0.3, 0.4) is 0 Å². The maximum atomic E-state index is 12.1. The fourth-order valence-corrected chi connectivity index (χ4v) is 2.26. The zero-order valence-electron chi connectivity index (χ0n) is 11.9. The lowest BCUT2D eigenvalue weighted by Gasteiger charge is -2.09. The first kappa shape index (κ1) is 15.4. The summed E-state index contributed by atoms with van der Waals surface area (Å²) in [6.07, 6.45) is 1.83. The monoisotopic (exact) mass is 303 g/mol. The Hall–Kier alpha value is -2.00. The molecule has 1 amide bonds. The molecule has 1 N–H and O–H groups in total. The largest absolute Gasteiger partial charge is 0.496 e. The highest BCUT2D eigenvalue weighted by Gasteiger charge is 2.12. The van der Waals surface area contributed by atoms with Crippen LogP contribution in [-0.2, 0) is 6.42 Å². The highest BCUT2D eigenvalue weighted by molar-refractivity contribution is 6.31. The van der Waals surface area contributed by atoms with Gasteiger partial charge in [-0.2, -0.15) is 0 Å². The minimum Gasteiger partial charge on any atom is -0.496 e. The number of halogens is 1. The van der Waals surface area contributed by atoms with Gasteiger partial charge in [0.25, 0.3) is 5.91 Å². The number of amides is 1. The van der Waals surface area contributed by atoms with Crippen molar-refractivity contribution in [3.8, 4) is 5.75 Å². The second-order valence-electron chi connectivity index (χ2n) is 4.69. The standard InChI is InChI=1S/C17H18ClNO2/c1-21-16-10-9-14(18)12-15(16)17(20)19-11-5-8-13-6-3-2-4-7-13/h2-4,6-7,9-10,12H,5,8,11H2,1H3,(H,19,20). The van der Waals surface area contributed by atoms with Gasteiger partial charge in [0.15, 0.2) is 0 Å². The normalized spacial score (nSPS) is 10.2. The van der Waals surface area contributed by atoms with Gasteiger partial charge < -0.3 is 10.1 Å². The molecule has 4 heteroatoms. The Kier molecular flexibility index (Phi) is 5.64. The van der Waals surface area contributed by atoms with Gasteiger partial charge in [0.2, 0.25) is 0 Å². The summed E-state index contributed by atoms with van der Waals surface area (Å²) in [7, 11) is 1.54. The predicted molar refractivity (Wildman–Crippen MR) is 85.1 cm³/mol. The van der Waals surface area contributed by atoms with E-state index in [4.69, 9.17) is 16.3 Å². The molecule has 21 heavy (non-hydrogen) atoms. The Labute approximate surface area is 129 Å². The van der Waals surface area contributed by atoms with Crippen LogP contribution in [0.15, 0.2) is 48.5 Å².